The number of Topliss-reactive ketones (excluding diaryl/α,β-unsaturated/α-hetero) is 1. The van der Waals surface area contributed by atoms with Crippen LogP contribution in [-0.4, -0.2) is 46.9 Å². The Hall–Kier alpha value is -2.90. The van der Waals surface area contributed by atoms with Gasteiger partial charge in [0, 0.05) is 35.6 Å². The van der Waals surface area contributed by atoms with Gasteiger partial charge in [0.15, 0.2) is 5.78 Å². The maximum atomic E-state index is 13.5. The van der Waals surface area contributed by atoms with Gasteiger partial charge in [0.05, 0.1) is 5.60 Å². The number of benzene rings is 2. The summed E-state index contributed by atoms with van der Waals surface area (Å²) in [6.07, 6.45) is 0.376. The normalized spacial score (nSPS) is 20.1. The number of urea groups is 1. The quantitative estimate of drug-likeness (QED) is 0.474. The first-order chi connectivity index (χ1) is 16.8. The molecule has 0 radical (unpaired) electrons. The smallest absolute Gasteiger partial charge is 0.315 e. The third-order valence-corrected chi connectivity index (χ3v) is 7.37. The van der Waals surface area contributed by atoms with E-state index in [1.165, 1.54) is 6.92 Å². The van der Waals surface area contributed by atoms with Crippen LogP contribution in [0.25, 0.3) is 0 Å². The number of amides is 3. The zero-order chi connectivity index (χ0) is 26.7. The van der Waals surface area contributed by atoms with E-state index in [0.717, 1.165) is 11.1 Å². The van der Waals surface area contributed by atoms with Crippen LogP contribution in [0.15, 0.2) is 48.5 Å². The second-order valence-corrected chi connectivity index (χ2v) is 11.0. The van der Waals surface area contributed by atoms with Gasteiger partial charge in [-0.15, -0.1) is 0 Å². The van der Waals surface area contributed by atoms with Crippen LogP contribution in [0.5, 0.6) is 0 Å². The number of carbonyl (C=O) groups excluding carboxylic acids is 3. The van der Waals surface area contributed by atoms with Crippen molar-refractivity contribution >= 4 is 29.3 Å². The van der Waals surface area contributed by atoms with Crippen LogP contribution in [0, 0.1) is 11.3 Å². The van der Waals surface area contributed by atoms with Gasteiger partial charge in [0.25, 0.3) is 0 Å². The molecule has 1 fully saturated rings. The molecular weight excluding hydrogens is 478 g/mol. The van der Waals surface area contributed by atoms with Crippen LogP contribution in [0.2, 0.25) is 5.02 Å². The van der Waals surface area contributed by atoms with Gasteiger partial charge in [0.2, 0.25) is 5.91 Å². The lowest BCUT2D eigenvalue weighted by atomic mass is 9.66. The molecular formula is C28H36ClN3O4. The topological polar surface area (TPSA) is 98.7 Å². The first-order valence-electron chi connectivity index (χ1n) is 12.3. The number of hydrogen-bond donors (Lipinski definition) is 3. The van der Waals surface area contributed by atoms with Crippen molar-refractivity contribution in [3.8, 4) is 0 Å². The maximum Gasteiger partial charge on any atom is 0.315 e. The molecule has 7 nitrogen and oxygen atoms in total. The van der Waals surface area contributed by atoms with Crippen molar-refractivity contribution in [3.05, 3.63) is 70.2 Å². The van der Waals surface area contributed by atoms with Crippen LogP contribution in [0.1, 0.15) is 62.5 Å². The van der Waals surface area contributed by atoms with Gasteiger partial charge in [-0.05, 0) is 42.5 Å². The molecule has 0 aliphatic carbocycles. The average Bonchev–Trinajstić information content (AvgIpc) is 2.83. The Balaban J connectivity index is 1.64. The van der Waals surface area contributed by atoms with Crippen molar-refractivity contribution in [1.82, 2.24) is 15.5 Å². The van der Waals surface area contributed by atoms with E-state index in [0.29, 0.717) is 30.1 Å². The highest BCUT2D eigenvalue weighted by Gasteiger charge is 2.50. The minimum absolute atomic E-state index is 0.0157. The summed E-state index contributed by atoms with van der Waals surface area (Å²) < 4.78 is 0. The molecule has 0 spiro atoms. The lowest BCUT2D eigenvalue weighted by Crippen LogP contribution is -2.61. The average molecular weight is 514 g/mol. The van der Waals surface area contributed by atoms with Gasteiger partial charge in [-0.25, -0.2) is 4.79 Å². The molecule has 1 heterocycles. The summed E-state index contributed by atoms with van der Waals surface area (Å²) in [4.78, 5) is 39.3. The lowest BCUT2D eigenvalue weighted by Gasteiger charge is -2.51. The Bertz CT molecular complexity index is 1100. The zero-order valence-corrected chi connectivity index (χ0v) is 22.4. The summed E-state index contributed by atoms with van der Waals surface area (Å²) in [6, 6.07) is 13.1. The number of halogens is 1. The molecule has 0 saturated carbocycles. The van der Waals surface area contributed by atoms with Crippen molar-refractivity contribution in [3.63, 3.8) is 0 Å². The van der Waals surface area contributed by atoms with Crippen LogP contribution in [-0.2, 0) is 16.9 Å². The number of carbonyl (C=O) groups is 3. The summed E-state index contributed by atoms with van der Waals surface area (Å²) >= 11 is 6.03. The highest BCUT2D eigenvalue weighted by atomic mass is 35.5. The van der Waals surface area contributed by atoms with Gasteiger partial charge in [-0.3, -0.25) is 9.59 Å². The molecule has 2 aromatic carbocycles. The third kappa shape index (κ3) is 6.08. The fourth-order valence-corrected chi connectivity index (χ4v) is 4.84. The summed E-state index contributed by atoms with van der Waals surface area (Å²) in [7, 11) is 0. The lowest BCUT2D eigenvalue weighted by molar-refractivity contribution is -0.155. The SMILES string of the molecule is CC(=O)c1ccc(CNC(=O)N[C@@H](C(=O)N2CC[C@](O)(c3ccc(Cl)cc3)C(C)(C)C2)C(C)C)cc1. The number of nitrogens with one attached hydrogen (secondary N) is 2. The Kier molecular flexibility index (Phi) is 8.47. The van der Waals surface area contributed by atoms with Crippen LogP contribution < -0.4 is 10.6 Å². The highest BCUT2D eigenvalue weighted by Crippen LogP contribution is 2.46. The summed E-state index contributed by atoms with van der Waals surface area (Å²) in [5, 5.41) is 17.8. The Morgan fingerprint density at radius 3 is 2.19 bits per heavy atom. The van der Waals surface area contributed by atoms with Crippen LogP contribution >= 0.6 is 11.6 Å². The van der Waals surface area contributed by atoms with Crippen molar-refractivity contribution in [2.45, 2.75) is 59.2 Å². The Morgan fingerprint density at radius 2 is 1.67 bits per heavy atom. The first-order valence-corrected chi connectivity index (χ1v) is 12.6. The predicted molar refractivity (Wildman–Crippen MR) is 141 cm³/mol. The van der Waals surface area contributed by atoms with Crippen LogP contribution in [0.4, 0.5) is 4.79 Å². The van der Waals surface area contributed by atoms with Gasteiger partial charge in [-0.1, -0.05) is 75.7 Å². The number of hydrogen-bond acceptors (Lipinski definition) is 4. The standard InChI is InChI=1S/C28H36ClN3O4/c1-18(2)24(31-26(35)30-16-20-6-8-21(9-7-20)19(3)33)25(34)32-15-14-28(36,27(4,5)17-32)22-10-12-23(29)13-11-22/h6-13,18,24,36H,14-17H2,1-5H3,(H2,30,31,35)/t24-,28+/m1/s1. The van der Waals surface area contributed by atoms with E-state index in [9.17, 15) is 19.5 Å². The van der Waals surface area contributed by atoms with Crippen molar-refractivity contribution in [1.29, 1.82) is 0 Å². The molecule has 0 aromatic heterocycles. The maximum absolute atomic E-state index is 13.5. The molecule has 2 atom stereocenters. The summed E-state index contributed by atoms with van der Waals surface area (Å²) in [6.45, 7) is 10.2. The molecule has 1 aliphatic heterocycles. The van der Waals surface area contributed by atoms with Crippen molar-refractivity contribution < 1.29 is 19.5 Å². The van der Waals surface area contributed by atoms with Crippen LogP contribution in [0.3, 0.4) is 0 Å². The first kappa shape index (κ1) is 27.7. The number of aliphatic hydroxyl groups is 1. The number of likely N-dealkylation sites (tertiary alicyclic amines) is 1. The van der Waals surface area contributed by atoms with Crippen molar-refractivity contribution in [2.75, 3.05) is 13.1 Å². The largest absolute Gasteiger partial charge is 0.384 e. The van der Waals surface area contributed by atoms with E-state index < -0.39 is 23.1 Å². The highest BCUT2D eigenvalue weighted by molar-refractivity contribution is 6.30. The van der Waals surface area contributed by atoms with E-state index >= 15 is 0 Å². The molecule has 8 heteroatoms. The van der Waals surface area contributed by atoms with Gasteiger partial charge >= 0.3 is 6.03 Å². The van der Waals surface area contributed by atoms with Gasteiger partial charge in [0.1, 0.15) is 6.04 Å². The van der Waals surface area contributed by atoms with E-state index in [1.807, 2.05) is 39.8 Å². The molecule has 1 aliphatic rings. The van der Waals surface area contributed by atoms with Gasteiger partial charge < -0.3 is 20.6 Å². The van der Waals surface area contributed by atoms with Gasteiger partial charge in [-0.2, -0.15) is 0 Å². The molecule has 1 saturated heterocycles. The molecule has 3 rings (SSSR count). The number of piperidine rings is 1. The Labute approximate surface area is 218 Å². The fourth-order valence-electron chi connectivity index (χ4n) is 4.71. The van der Waals surface area contributed by atoms with E-state index in [1.54, 1.807) is 41.3 Å². The van der Waals surface area contributed by atoms with E-state index in [2.05, 4.69) is 10.6 Å². The second kappa shape index (κ2) is 11.0. The minimum atomic E-state index is -1.11. The third-order valence-electron chi connectivity index (χ3n) is 7.12. The molecule has 0 unspecified atom stereocenters. The molecule has 36 heavy (non-hydrogen) atoms. The zero-order valence-electron chi connectivity index (χ0n) is 21.6. The number of rotatable bonds is 7. The molecule has 3 N–H and O–H groups in total. The van der Waals surface area contributed by atoms with E-state index in [-0.39, 0.29) is 24.2 Å². The molecule has 2 aromatic rings. The predicted octanol–water partition coefficient (Wildman–Crippen LogP) is 4.51. The van der Waals surface area contributed by atoms with E-state index in [4.69, 9.17) is 11.6 Å². The molecule has 194 valence electrons. The molecule has 0 bridgehead atoms. The summed E-state index contributed by atoms with van der Waals surface area (Å²) in [5.74, 6) is -0.312. The fraction of sp³-hybridized carbons (Fsp3) is 0.464. The number of nitrogens with zero attached hydrogens (tertiary/aromatic N) is 1. The Morgan fingerprint density at radius 1 is 1.06 bits per heavy atom. The second-order valence-electron chi connectivity index (χ2n) is 10.6. The minimum Gasteiger partial charge on any atom is -0.384 e. The summed E-state index contributed by atoms with van der Waals surface area (Å²) in [5.41, 5.74) is 0.510. The molecule has 3 amide bonds. The number of ketones is 1. The monoisotopic (exact) mass is 513 g/mol. The van der Waals surface area contributed by atoms with Crippen molar-refractivity contribution in [2.24, 2.45) is 11.3 Å².